The first-order chi connectivity index (χ1) is 14.9. The molecule has 1 amide bonds. The molecule has 1 aromatic heterocycles. The first-order valence-corrected chi connectivity index (χ1v) is 10.0. The average molecular weight is 423 g/mol. The van der Waals surface area contributed by atoms with Gasteiger partial charge >= 0.3 is 5.69 Å². The van der Waals surface area contributed by atoms with Crippen LogP contribution in [-0.2, 0) is 11.3 Å². The van der Waals surface area contributed by atoms with Gasteiger partial charge in [0, 0.05) is 24.8 Å². The zero-order chi connectivity index (χ0) is 22.0. The number of H-pyrrole nitrogens is 1. The van der Waals surface area contributed by atoms with Crippen LogP contribution in [-0.4, -0.2) is 33.0 Å². The van der Waals surface area contributed by atoms with Gasteiger partial charge in [-0.3, -0.25) is 14.6 Å². The summed E-state index contributed by atoms with van der Waals surface area (Å²) in [5.74, 6) is -0.00851. The maximum atomic E-state index is 13.8. The molecule has 7 nitrogen and oxygen atoms in total. The molecule has 1 aliphatic rings. The van der Waals surface area contributed by atoms with Crippen LogP contribution >= 0.6 is 0 Å². The first kappa shape index (κ1) is 20.6. The Morgan fingerprint density at radius 1 is 1.03 bits per heavy atom. The molecule has 0 radical (unpaired) electrons. The van der Waals surface area contributed by atoms with Crippen LogP contribution in [0.25, 0.3) is 0 Å². The number of halogens is 1. The van der Waals surface area contributed by atoms with Gasteiger partial charge in [-0.15, -0.1) is 0 Å². The van der Waals surface area contributed by atoms with Crippen molar-refractivity contribution < 1.29 is 13.9 Å². The van der Waals surface area contributed by atoms with Crippen molar-refractivity contribution in [1.29, 1.82) is 0 Å². The number of aryl methyl sites for hydroxylation is 2. The Morgan fingerprint density at radius 3 is 2.55 bits per heavy atom. The molecular formula is C23H22FN3O4. The molecule has 0 aliphatic carbocycles. The fourth-order valence-electron chi connectivity index (χ4n) is 3.77. The Kier molecular flexibility index (Phi) is 5.70. The third-order valence-corrected chi connectivity index (χ3v) is 5.33. The summed E-state index contributed by atoms with van der Waals surface area (Å²) in [5, 5.41) is 0. The lowest BCUT2D eigenvalue weighted by Crippen LogP contribution is -2.61. The van der Waals surface area contributed by atoms with Crippen LogP contribution in [0.2, 0.25) is 0 Å². The third-order valence-electron chi connectivity index (χ3n) is 5.33. The van der Waals surface area contributed by atoms with Gasteiger partial charge in [0.05, 0.1) is 0 Å². The first-order valence-electron chi connectivity index (χ1n) is 10.0. The number of rotatable bonds is 7. The lowest BCUT2D eigenvalue weighted by molar-refractivity contribution is -0.164. The number of ether oxygens (including phenoxy) is 1. The summed E-state index contributed by atoms with van der Waals surface area (Å²) >= 11 is 0. The van der Waals surface area contributed by atoms with Crippen molar-refractivity contribution >= 4 is 5.91 Å². The van der Waals surface area contributed by atoms with Crippen LogP contribution in [0.3, 0.4) is 0 Å². The highest BCUT2D eigenvalue weighted by Crippen LogP contribution is 2.38. The lowest BCUT2D eigenvalue weighted by Gasteiger charge is -2.47. The Balaban J connectivity index is 1.50. The van der Waals surface area contributed by atoms with E-state index in [9.17, 15) is 18.8 Å². The van der Waals surface area contributed by atoms with Gasteiger partial charge in [-0.05, 0) is 43.2 Å². The monoisotopic (exact) mass is 423 g/mol. The second-order valence-corrected chi connectivity index (χ2v) is 7.50. The number of hydrogen-bond acceptors (Lipinski definition) is 4. The van der Waals surface area contributed by atoms with Gasteiger partial charge in [-0.25, -0.2) is 9.18 Å². The summed E-state index contributed by atoms with van der Waals surface area (Å²) in [4.78, 5) is 40.2. The zero-order valence-electron chi connectivity index (χ0n) is 17.0. The van der Waals surface area contributed by atoms with Crippen molar-refractivity contribution in [3.8, 4) is 5.75 Å². The molecule has 31 heavy (non-hydrogen) atoms. The number of likely N-dealkylation sites (tertiary alicyclic amines) is 1. The van der Waals surface area contributed by atoms with Crippen LogP contribution in [0, 0.1) is 12.7 Å². The zero-order valence-corrected chi connectivity index (χ0v) is 17.0. The average Bonchev–Trinajstić information content (AvgIpc) is 2.76. The number of aromatic amines is 1. The van der Waals surface area contributed by atoms with Gasteiger partial charge in [0.15, 0.2) is 0 Å². The van der Waals surface area contributed by atoms with E-state index in [2.05, 4.69) is 4.98 Å². The maximum absolute atomic E-state index is 13.8. The number of hydrogen-bond donors (Lipinski definition) is 1. The molecule has 1 N–H and O–H groups in total. The molecule has 2 heterocycles. The number of carbonyl (C=O) groups excluding carboxylic acids is 1. The Bertz CT molecular complexity index is 1210. The predicted molar refractivity (Wildman–Crippen MR) is 112 cm³/mol. The van der Waals surface area contributed by atoms with E-state index in [0.29, 0.717) is 36.4 Å². The number of benzene rings is 2. The number of nitrogens with zero attached hydrogens (tertiary/aromatic N) is 2. The summed E-state index contributed by atoms with van der Waals surface area (Å²) in [5.41, 5.74) is 0.190. The number of carbonyl (C=O) groups is 1. The Hall–Kier alpha value is -3.68. The van der Waals surface area contributed by atoms with E-state index >= 15 is 0 Å². The fraction of sp³-hybridized carbons (Fsp3) is 0.261. The number of aromatic nitrogens is 2. The van der Waals surface area contributed by atoms with E-state index in [1.165, 1.54) is 22.9 Å². The van der Waals surface area contributed by atoms with Crippen LogP contribution in [0.4, 0.5) is 4.39 Å². The smallest absolute Gasteiger partial charge is 0.328 e. The minimum atomic E-state index is -0.748. The van der Waals surface area contributed by atoms with E-state index in [0.717, 1.165) is 0 Å². The molecule has 8 heteroatoms. The van der Waals surface area contributed by atoms with E-state index < -0.39 is 23.4 Å². The highest BCUT2D eigenvalue weighted by molar-refractivity contribution is 5.89. The molecule has 2 aromatic carbocycles. The van der Waals surface area contributed by atoms with Crippen molar-refractivity contribution in [2.75, 3.05) is 6.54 Å². The molecule has 3 aromatic rings. The molecule has 1 aliphatic heterocycles. The number of amides is 1. The molecule has 0 saturated carbocycles. The summed E-state index contributed by atoms with van der Waals surface area (Å²) in [6.45, 7) is 2.32. The van der Waals surface area contributed by atoms with Crippen molar-refractivity contribution in [3.63, 3.8) is 0 Å². The van der Waals surface area contributed by atoms with Crippen LogP contribution in [0.15, 0.2) is 70.4 Å². The molecular weight excluding hydrogens is 401 g/mol. The highest BCUT2D eigenvalue weighted by Gasteiger charge is 2.49. The highest BCUT2D eigenvalue weighted by atomic mass is 19.1. The van der Waals surface area contributed by atoms with Crippen LogP contribution in [0.5, 0.6) is 5.75 Å². The standard InChI is InChI=1S/C23H22FN3O4/c1-15-14-26(23(30)25-21(15)28)11-6-12-27-19(16-7-5-8-17(24)13-16)20(22(27)29)31-18-9-3-2-4-10-18/h2-5,7-10,13-14,19-20H,6,11-12H2,1H3,(H,25,28,30)/t19-,20+/m1/s1. The van der Waals surface area contributed by atoms with Crippen molar-refractivity contribution in [1.82, 2.24) is 14.5 Å². The minimum absolute atomic E-state index is 0.192. The number of para-hydroxylation sites is 1. The molecule has 2 atom stereocenters. The second kappa shape index (κ2) is 8.59. The van der Waals surface area contributed by atoms with Crippen molar-refractivity contribution in [2.45, 2.75) is 32.0 Å². The fourth-order valence-corrected chi connectivity index (χ4v) is 3.77. The van der Waals surface area contributed by atoms with Gasteiger partial charge in [-0.2, -0.15) is 0 Å². The van der Waals surface area contributed by atoms with Gasteiger partial charge in [0.1, 0.15) is 17.6 Å². The van der Waals surface area contributed by atoms with E-state index in [1.807, 2.05) is 18.2 Å². The van der Waals surface area contributed by atoms with E-state index in [1.54, 1.807) is 36.1 Å². The quantitative estimate of drug-likeness (QED) is 0.592. The van der Waals surface area contributed by atoms with Gasteiger partial charge in [0.25, 0.3) is 11.5 Å². The molecule has 1 saturated heterocycles. The van der Waals surface area contributed by atoms with Gasteiger partial charge in [0.2, 0.25) is 6.10 Å². The summed E-state index contributed by atoms with van der Waals surface area (Å²) in [6.07, 6.45) is 1.24. The molecule has 4 rings (SSSR count). The van der Waals surface area contributed by atoms with Crippen LogP contribution in [0.1, 0.15) is 23.6 Å². The summed E-state index contributed by atoms with van der Waals surface area (Å²) in [7, 11) is 0. The normalized spacial score (nSPS) is 18.0. The minimum Gasteiger partial charge on any atom is -0.478 e. The molecule has 0 unspecified atom stereocenters. The summed E-state index contributed by atoms with van der Waals surface area (Å²) < 4.78 is 21.2. The molecule has 0 spiro atoms. The van der Waals surface area contributed by atoms with Crippen molar-refractivity contribution in [3.05, 3.63) is 98.6 Å². The molecule has 160 valence electrons. The second-order valence-electron chi connectivity index (χ2n) is 7.50. The van der Waals surface area contributed by atoms with E-state index in [4.69, 9.17) is 4.74 Å². The van der Waals surface area contributed by atoms with Crippen LogP contribution < -0.4 is 16.0 Å². The SMILES string of the molecule is Cc1cn(CCCN2C(=O)[C@@H](Oc3ccccc3)[C@H]2c2cccc(F)c2)c(=O)[nH]c1=O. The molecule has 1 fully saturated rings. The van der Waals surface area contributed by atoms with Gasteiger partial charge < -0.3 is 14.2 Å². The predicted octanol–water partition coefficient (Wildman–Crippen LogP) is 2.41. The van der Waals surface area contributed by atoms with Crippen molar-refractivity contribution in [2.24, 2.45) is 0 Å². The topological polar surface area (TPSA) is 84.4 Å². The van der Waals surface area contributed by atoms with Gasteiger partial charge in [-0.1, -0.05) is 30.3 Å². The maximum Gasteiger partial charge on any atom is 0.328 e. The number of β-lactam (4-membered cyclic amide) rings is 1. The Morgan fingerprint density at radius 2 is 1.81 bits per heavy atom. The molecule has 0 bridgehead atoms. The number of nitrogens with one attached hydrogen (secondary N) is 1. The lowest BCUT2D eigenvalue weighted by atomic mass is 9.90. The Labute approximate surface area is 177 Å². The van der Waals surface area contributed by atoms with E-state index in [-0.39, 0.29) is 11.7 Å². The summed E-state index contributed by atoms with van der Waals surface area (Å²) in [6, 6.07) is 14.7. The third kappa shape index (κ3) is 4.28. The largest absolute Gasteiger partial charge is 0.478 e.